The number of aromatic amines is 1. The predicted octanol–water partition coefficient (Wildman–Crippen LogP) is 5.21. The molecule has 27 heavy (non-hydrogen) atoms. The first-order valence-electron chi connectivity index (χ1n) is 8.51. The Morgan fingerprint density at radius 3 is 2.67 bits per heavy atom. The van der Waals surface area contributed by atoms with E-state index in [-0.39, 0.29) is 0 Å². The Labute approximate surface area is 155 Å². The van der Waals surface area contributed by atoms with Gasteiger partial charge >= 0.3 is 6.18 Å². The molecular weight excluding hydrogens is 353 g/mol. The third kappa shape index (κ3) is 4.42. The van der Waals surface area contributed by atoms with E-state index in [0.717, 1.165) is 46.5 Å². The molecule has 0 radical (unpaired) electrons. The van der Waals surface area contributed by atoms with Gasteiger partial charge in [-0.3, -0.25) is 0 Å². The molecular formula is C20H21F3N4. The summed E-state index contributed by atoms with van der Waals surface area (Å²) >= 11 is 0. The Balaban J connectivity index is 1.69. The molecule has 0 saturated carbocycles. The molecule has 0 saturated heterocycles. The van der Waals surface area contributed by atoms with E-state index in [4.69, 9.17) is 0 Å². The maximum absolute atomic E-state index is 12.6. The van der Waals surface area contributed by atoms with Crippen LogP contribution in [0.5, 0.6) is 0 Å². The molecule has 3 rings (SSSR count). The monoisotopic (exact) mass is 374 g/mol. The minimum atomic E-state index is -4.37. The van der Waals surface area contributed by atoms with E-state index in [1.165, 1.54) is 6.07 Å². The van der Waals surface area contributed by atoms with Crippen molar-refractivity contribution in [2.75, 3.05) is 23.8 Å². The summed E-state index contributed by atoms with van der Waals surface area (Å²) in [4.78, 5) is 8.98. The lowest BCUT2D eigenvalue weighted by molar-refractivity contribution is -0.137. The molecule has 0 atom stereocenters. The lowest BCUT2D eigenvalue weighted by atomic mass is 10.1. The quantitative estimate of drug-likeness (QED) is 0.623. The number of allylic oxidation sites excluding steroid dienone is 1. The van der Waals surface area contributed by atoms with E-state index in [1.807, 2.05) is 37.2 Å². The summed E-state index contributed by atoms with van der Waals surface area (Å²) in [6.45, 7) is 6.40. The lowest BCUT2D eigenvalue weighted by Crippen LogP contribution is -2.21. The Morgan fingerprint density at radius 2 is 2.04 bits per heavy atom. The van der Waals surface area contributed by atoms with Crippen LogP contribution in [-0.2, 0) is 12.6 Å². The molecule has 2 N–H and O–H groups in total. The second kappa shape index (κ2) is 7.34. The molecule has 4 nitrogen and oxygen atoms in total. The normalized spacial score (nSPS) is 11.6. The second-order valence-corrected chi connectivity index (χ2v) is 6.56. The molecule has 0 fully saturated rings. The molecule has 0 unspecified atom stereocenters. The Kier molecular flexibility index (Phi) is 5.12. The van der Waals surface area contributed by atoms with Crippen molar-refractivity contribution in [2.45, 2.75) is 19.5 Å². The van der Waals surface area contributed by atoms with Crippen LogP contribution in [0.1, 0.15) is 18.1 Å². The maximum atomic E-state index is 12.6. The number of halogens is 3. The van der Waals surface area contributed by atoms with Crippen molar-refractivity contribution >= 4 is 22.4 Å². The van der Waals surface area contributed by atoms with Gasteiger partial charge < -0.3 is 15.2 Å². The first-order valence-corrected chi connectivity index (χ1v) is 8.51. The number of benzene rings is 1. The van der Waals surface area contributed by atoms with E-state index in [2.05, 4.69) is 27.9 Å². The van der Waals surface area contributed by atoms with E-state index in [1.54, 1.807) is 0 Å². The van der Waals surface area contributed by atoms with Crippen LogP contribution in [0.3, 0.4) is 0 Å². The summed E-state index contributed by atoms with van der Waals surface area (Å²) in [6, 6.07) is 8.61. The third-order valence-corrected chi connectivity index (χ3v) is 4.30. The molecule has 2 aromatic heterocycles. The topological polar surface area (TPSA) is 44.0 Å². The van der Waals surface area contributed by atoms with Gasteiger partial charge in [0.1, 0.15) is 5.82 Å². The summed E-state index contributed by atoms with van der Waals surface area (Å²) in [6.07, 6.45) is -0.854. The fraction of sp³-hybridized carbons (Fsp3) is 0.250. The average Bonchev–Trinajstić information content (AvgIpc) is 3.00. The zero-order valence-electron chi connectivity index (χ0n) is 15.2. The molecule has 0 aliphatic carbocycles. The van der Waals surface area contributed by atoms with Crippen LogP contribution in [0.15, 0.2) is 55.0 Å². The number of likely N-dealkylation sites (N-methyl/N-ethyl adjacent to an activating group) is 1. The van der Waals surface area contributed by atoms with Gasteiger partial charge in [-0.15, -0.1) is 0 Å². The van der Waals surface area contributed by atoms with Crippen LogP contribution in [0, 0.1) is 0 Å². The van der Waals surface area contributed by atoms with E-state index in [0.29, 0.717) is 12.4 Å². The van der Waals surface area contributed by atoms with Gasteiger partial charge in [0.2, 0.25) is 0 Å². The molecule has 0 amide bonds. The predicted molar refractivity (Wildman–Crippen MR) is 103 cm³/mol. The van der Waals surface area contributed by atoms with Crippen molar-refractivity contribution in [1.29, 1.82) is 0 Å². The standard InChI is InChI=1S/C20H21F3N4/c1-13(2)26-18-12-24-17-6-4-14(10-16(17)18)8-9-27(3)19-7-5-15(11-25-19)20(21,22)23/h4-7,10-12,24,26H,1,8-9H2,2-3H3. The van der Waals surface area contributed by atoms with Crippen molar-refractivity contribution < 1.29 is 13.2 Å². The van der Waals surface area contributed by atoms with Crippen LogP contribution in [-0.4, -0.2) is 23.6 Å². The number of pyridine rings is 1. The number of H-pyrrole nitrogens is 1. The molecule has 142 valence electrons. The zero-order chi connectivity index (χ0) is 19.6. The highest BCUT2D eigenvalue weighted by Crippen LogP contribution is 2.29. The Morgan fingerprint density at radius 1 is 1.26 bits per heavy atom. The van der Waals surface area contributed by atoms with Gasteiger partial charge in [-0.25, -0.2) is 4.98 Å². The van der Waals surface area contributed by atoms with Crippen molar-refractivity contribution in [3.63, 3.8) is 0 Å². The summed E-state index contributed by atoms with van der Waals surface area (Å²) in [7, 11) is 1.82. The molecule has 3 aromatic rings. The Hall–Kier alpha value is -2.96. The van der Waals surface area contributed by atoms with Crippen molar-refractivity contribution in [1.82, 2.24) is 9.97 Å². The number of nitrogens with zero attached hydrogens (tertiary/aromatic N) is 2. The average molecular weight is 374 g/mol. The molecule has 0 aliphatic heterocycles. The molecule has 7 heteroatoms. The Bertz CT molecular complexity index is 942. The highest BCUT2D eigenvalue weighted by Gasteiger charge is 2.30. The smallest absolute Gasteiger partial charge is 0.359 e. The van der Waals surface area contributed by atoms with Crippen LogP contribution in [0.2, 0.25) is 0 Å². The van der Waals surface area contributed by atoms with E-state index < -0.39 is 11.7 Å². The van der Waals surface area contributed by atoms with Gasteiger partial charge in [-0.2, -0.15) is 13.2 Å². The summed E-state index contributed by atoms with van der Waals surface area (Å²) < 4.78 is 37.9. The van der Waals surface area contributed by atoms with Gasteiger partial charge in [0.25, 0.3) is 0 Å². The number of nitrogens with one attached hydrogen (secondary N) is 2. The van der Waals surface area contributed by atoms with Crippen LogP contribution in [0.4, 0.5) is 24.7 Å². The van der Waals surface area contributed by atoms with Crippen molar-refractivity contribution in [2.24, 2.45) is 0 Å². The molecule has 2 heterocycles. The van der Waals surface area contributed by atoms with E-state index >= 15 is 0 Å². The van der Waals surface area contributed by atoms with E-state index in [9.17, 15) is 13.2 Å². The summed E-state index contributed by atoms with van der Waals surface area (Å²) in [5, 5.41) is 4.30. The van der Waals surface area contributed by atoms with Gasteiger partial charge in [-0.05, 0) is 43.2 Å². The SMILES string of the molecule is C=C(C)Nc1c[nH]c2ccc(CCN(C)c3ccc(C(F)(F)F)cn3)cc12. The molecule has 1 aromatic carbocycles. The number of rotatable bonds is 6. The molecule has 0 aliphatic rings. The zero-order valence-corrected chi connectivity index (χ0v) is 15.2. The van der Waals surface area contributed by atoms with Crippen LogP contribution in [0.25, 0.3) is 10.9 Å². The number of hydrogen-bond acceptors (Lipinski definition) is 3. The summed E-state index contributed by atoms with van der Waals surface area (Å²) in [5.41, 5.74) is 3.24. The largest absolute Gasteiger partial charge is 0.417 e. The first-order chi connectivity index (χ1) is 12.7. The fourth-order valence-corrected chi connectivity index (χ4v) is 2.85. The van der Waals surface area contributed by atoms with Gasteiger partial charge in [0.05, 0.1) is 11.3 Å². The number of hydrogen-bond donors (Lipinski definition) is 2. The highest BCUT2D eigenvalue weighted by molar-refractivity contribution is 5.93. The fourth-order valence-electron chi connectivity index (χ4n) is 2.85. The minimum Gasteiger partial charge on any atom is -0.359 e. The van der Waals surface area contributed by atoms with Crippen LogP contribution < -0.4 is 10.2 Å². The molecule has 0 spiro atoms. The van der Waals surface area contributed by atoms with Gasteiger partial charge in [-0.1, -0.05) is 12.6 Å². The van der Waals surface area contributed by atoms with Crippen molar-refractivity contribution in [3.8, 4) is 0 Å². The number of anilines is 2. The molecule has 0 bridgehead atoms. The van der Waals surface area contributed by atoms with Gasteiger partial charge in [0, 0.05) is 42.6 Å². The maximum Gasteiger partial charge on any atom is 0.417 e. The number of alkyl halides is 3. The lowest BCUT2D eigenvalue weighted by Gasteiger charge is -2.18. The van der Waals surface area contributed by atoms with Crippen LogP contribution >= 0.6 is 0 Å². The number of fused-ring (bicyclic) bond motifs is 1. The second-order valence-electron chi connectivity index (χ2n) is 6.56. The van der Waals surface area contributed by atoms with Crippen molar-refractivity contribution in [3.05, 3.63) is 66.1 Å². The highest BCUT2D eigenvalue weighted by atomic mass is 19.4. The minimum absolute atomic E-state index is 0.510. The number of aromatic nitrogens is 2. The van der Waals surface area contributed by atoms with Gasteiger partial charge in [0.15, 0.2) is 0 Å². The third-order valence-electron chi connectivity index (χ3n) is 4.30. The first kappa shape index (κ1) is 18.8. The summed E-state index contributed by atoms with van der Waals surface area (Å²) in [5.74, 6) is 0.510.